The number of hydrogen-bond acceptors (Lipinski definition) is 3. The Kier molecular flexibility index (Phi) is 4.81. The zero-order valence-electron chi connectivity index (χ0n) is 11.6. The smallest absolute Gasteiger partial charge is 0.0739 e. The van der Waals surface area contributed by atoms with Crippen LogP contribution in [0.5, 0.6) is 0 Å². The van der Waals surface area contributed by atoms with E-state index in [0.29, 0.717) is 0 Å². The number of aromatic nitrogens is 2. The van der Waals surface area contributed by atoms with Crippen molar-refractivity contribution >= 4 is 15.9 Å². The number of aryl methyl sites for hydroxylation is 2. The van der Waals surface area contributed by atoms with Gasteiger partial charge >= 0.3 is 0 Å². The molecule has 2 heterocycles. The van der Waals surface area contributed by atoms with Gasteiger partial charge in [0.15, 0.2) is 0 Å². The van der Waals surface area contributed by atoms with Crippen molar-refractivity contribution in [2.45, 2.75) is 33.4 Å². The Morgan fingerprint density at radius 3 is 2.72 bits per heavy atom. The molecule has 102 valence electrons. The summed E-state index contributed by atoms with van der Waals surface area (Å²) in [4.78, 5) is 4.95. The standard InChI is InChI=1S/C13H23BrN4/c1-4-18-12(13(14)11(2)15-18)10-17-7-5-6-16(3)8-9-17/h4-10H2,1-3H3. The molecule has 0 unspecified atom stereocenters. The zero-order chi connectivity index (χ0) is 13.1. The summed E-state index contributed by atoms with van der Waals surface area (Å²) in [5.74, 6) is 0. The summed E-state index contributed by atoms with van der Waals surface area (Å²) in [5, 5.41) is 4.57. The topological polar surface area (TPSA) is 24.3 Å². The van der Waals surface area contributed by atoms with Gasteiger partial charge in [-0.2, -0.15) is 5.10 Å². The Balaban J connectivity index is 2.08. The van der Waals surface area contributed by atoms with Crippen LogP contribution < -0.4 is 0 Å². The molecule has 0 radical (unpaired) electrons. The lowest BCUT2D eigenvalue weighted by Gasteiger charge is -2.20. The third-order valence-electron chi connectivity index (χ3n) is 3.64. The number of halogens is 1. The highest BCUT2D eigenvalue weighted by Gasteiger charge is 2.17. The second-order valence-corrected chi connectivity index (χ2v) is 5.89. The zero-order valence-corrected chi connectivity index (χ0v) is 13.2. The third kappa shape index (κ3) is 3.13. The molecule has 1 aromatic heterocycles. The van der Waals surface area contributed by atoms with Gasteiger partial charge in [-0.3, -0.25) is 9.58 Å². The monoisotopic (exact) mass is 314 g/mol. The first kappa shape index (κ1) is 14.0. The minimum absolute atomic E-state index is 0.940. The molecule has 2 rings (SSSR count). The Morgan fingerprint density at radius 2 is 2.00 bits per heavy atom. The number of rotatable bonds is 3. The highest BCUT2D eigenvalue weighted by molar-refractivity contribution is 9.10. The van der Waals surface area contributed by atoms with Crippen LogP contribution in [0.15, 0.2) is 4.47 Å². The molecule has 18 heavy (non-hydrogen) atoms. The lowest BCUT2D eigenvalue weighted by Crippen LogP contribution is -2.29. The normalized spacial score (nSPS) is 19.1. The van der Waals surface area contributed by atoms with Gasteiger partial charge in [0, 0.05) is 26.2 Å². The molecule has 0 atom stereocenters. The maximum absolute atomic E-state index is 4.57. The van der Waals surface area contributed by atoms with Crippen molar-refractivity contribution in [2.75, 3.05) is 33.2 Å². The van der Waals surface area contributed by atoms with Crippen LogP contribution in [0.3, 0.4) is 0 Å². The molecule has 1 saturated heterocycles. The molecule has 0 bridgehead atoms. The van der Waals surface area contributed by atoms with E-state index in [-0.39, 0.29) is 0 Å². The molecule has 0 spiro atoms. The molecular weight excluding hydrogens is 292 g/mol. The first-order chi connectivity index (χ1) is 8.61. The van der Waals surface area contributed by atoms with E-state index in [9.17, 15) is 0 Å². The molecule has 4 nitrogen and oxygen atoms in total. The first-order valence-corrected chi connectivity index (χ1v) is 7.53. The number of hydrogen-bond donors (Lipinski definition) is 0. The second-order valence-electron chi connectivity index (χ2n) is 5.09. The number of likely N-dealkylation sites (N-methyl/N-ethyl adjacent to an activating group) is 1. The van der Waals surface area contributed by atoms with Crippen molar-refractivity contribution in [3.63, 3.8) is 0 Å². The van der Waals surface area contributed by atoms with Gasteiger partial charge in [-0.05, 0) is 56.3 Å². The highest BCUT2D eigenvalue weighted by Crippen LogP contribution is 2.22. The fraction of sp³-hybridized carbons (Fsp3) is 0.769. The van der Waals surface area contributed by atoms with Crippen LogP contribution in [0.4, 0.5) is 0 Å². The molecule has 0 aromatic carbocycles. The van der Waals surface area contributed by atoms with Crippen molar-refractivity contribution in [1.29, 1.82) is 0 Å². The Bertz CT molecular complexity index is 402. The van der Waals surface area contributed by atoms with Crippen LogP contribution in [0.25, 0.3) is 0 Å². The second kappa shape index (κ2) is 6.17. The van der Waals surface area contributed by atoms with Crippen LogP contribution in [0, 0.1) is 6.92 Å². The lowest BCUT2D eigenvalue weighted by molar-refractivity contribution is 0.261. The van der Waals surface area contributed by atoms with E-state index in [1.54, 1.807) is 0 Å². The number of nitrogens with zero attached hydrogens (tertiary/aromatic N) is 4. The first-order valence-electron chi connectivity index (χ1n) is 6.74. The molecule has 1 aliphatic rings. The molecule has 0 saturated carbocycles. The van der Waals surface area contributed by atoms with Crippen LogP contribution in [-0.4, -0.2) is 52.8 Å². The lowest BCUT2D eigenvalue weighted by atomic mass is 10.3. The molecule has 0 N–H and O–H groups in total. The minimum atomic E-state index is 0.940. The van der Waals surface area contributed by atoms with Crippen LogP contribution in [-0.2, 0) is 13.1 Å². The third-order valence-corrected chi connectivity index (χ3v) is 4.67. The molecule has 1 aromatic rings. The van der Waals surface area contributed by atoms with Crippen molar-refractivity contribution in [1.82, 2.24) is 19.6 Å². The van der Waals surface area contributed by atoms with Gasteiger partial charge < -0.3 is 4.90 Å². The molecule has 0 aliphatic carbocycles. The minimum Gasteiger partial charge on any atom is -0.305 e. The van der Waals surface area contributed by atoms with Gasteiger partial charge in [0.1, 0.15) is 0 Å². The maximum atomic E-state index is 4.57. The van der Waals surface area contributed by atoms with Crippen molar-refractivity contribution < 1.29 is 0 Å². The summed E-state index contributed by atoms with van der Waals surface area (Å²) >= 11 is 3.68. The summed E-state index contributed by atoms with van der Waals surface area (Å²) in [6.07, 6.45) is 1.26. The van der Waals surface area contributed by atoms with Crippen molar-refractivity contribution in [3.8, 4) is 0 Å². The summed E-state index contributed by atoms with van der Waals surface area (Å²) in [6, 6.07) is 0. The fourth-order valence-corrected chi connectivity index (χ4v) is 2.90. The Morgan fingerprint density at radius 1 is 1.22 bits per heavy atom. The molecule has 1 aliphatic heterocycles. The maximum Gasteiger partial charge on any atom is 0.0739 e. The average Bonchev–Trinajstić information content (AvgIpc) is 2.53. The van der Waals surface area contributed by atoms with E-state index in [2.05, 4.69) is 56.4 Å². The Hall–Kier alpha value is -0.390. The molecular formula is C13H23BrN4. The highest BCUT2D eigenvalue weighted by atomic mass is 79.9. The molecule has 5 heteroatoms. The van der Waals surface area contributed by atoms with Gasteiger partial charge in [0.2, 0.25) is 0 Å². The van der Waals surface area contributed by atoms with Crippen LogP contribution >= 0.6 is 15.9 Å². The van der Waals surface area contributed by atoms with Gasteiger partial charge in [-0.25, -0.2) is 0 Å². The predicted octanol–water partition coefficient (Wildman–Crippen LogP) is 2.11. The van der Waals surface area contributed by atoms with Gasteiger partial charge in [-0.15, -0.1) is 0 Å². The van der Waals surface area contributed by atoms with Crippen LogP contribution in [0.1, 0.15) is 24.7 Å². The van der Waals surface area contributed by atoms with E-state index >= 15 is 0 Å². The predicted molar refractivity (Wildman–Crippen MR) is 77.7 cm³/mol. The summed E-state index contributed by atoms with van der Waals surface area (Å²) in [6.45, 7) is 10.9. The van der Waals surface area contributed by atoms with E-state index in [1.165, 1.54) is 29.7 Å². The van der Waals surface area contributed by atoms with Gasteiger partial charge in [-0.1, -0.05) is 0 Å². The van der Waals surface area contributed by atoms with Crippen LogP contribution in [0.2, 0.25) is 0 Å². The van der Waals surface area contributed by atoms with E-state index in [0.717, 1.165) is 31.9 Å². The van der Waals surface area contributed by atoms with Gasteiger partial charge in [0.25, 0.3) is 0 Å². The Labute approximate surface area is 118 Å². The van der Waals surface area contributed by atoms with E-state index in [1.807, 2.05) is 0 Å². The van der Waals surface area contributed by atoms with E-state index < -0.39 is 0 Å². The molecule has 0 amide bonds. The van der Waals surface area contributed by atoms with E-state index in [4.69, 9.17) is 0 Å². The summed E-state index contributed by atoms with van der Waals surface area (Å²) < 4.78 is 3.30. The summed E-state index contributed by atoms with van der Waals surface area (Å²) in [5.41, 5.74) is 2.42. The SMILES string of the molecule is CCn1nc(C)c(Br)c1CN1CCCN(C)CC1. The average molecular weight is 315 g/mol. The van der Waals surface area contributed by atoms with Crippen molar-refractivity contribution in [3.05, 3.63) is 15.9 Å². The van der Waals surface area contributed by atoms with Crippen molar-refractivity contribution in [2.24, 2.45) is 0 Å². The fourth-order valence-electron chi connectivity index (χ4n) is 2.49. The molecule has 1 fully saturated rings. The summed E-state index contributed by atoms with van der Waals surface area (Å²) in [7, 11) is 2.21. The quantitative estimate of drug-likeness (QED) is 0.854. The largest absolute Gasteiger partial charge is 0.305 e. The van der Waals surface area contributed by atoms with Gasteiger partial charge in [0.05, 0.1) is 15.9 Å².